The molecule has 0 unspecified atom stereocenters. The van der Waals surface area contributed by atoms with Gasteiger partial charge >= 0.3 is 0 Å². The molecule has 36 heavy (non-hydrogen) atoms. The Kier molecular flexibility index (Phi) is 8.14. The fourth-order valence-corrected chi connectivity index (χ4v) is 5.53. The number of nitrogens with one attached hydrogen (secondary N) is 1. The molecular formula is C30H41N5O. The van der Waals surface area contributed by atoms with Crippen LogP contribution in [0, 0.1) is 11.3 Å². The highest BCUT2D eigenvalue weighted by Gasteiger charge is 2.36. The van der Waals surface area contributed by atoms with Crippen molar-refractivity contribution in [3.05, 3.63) is 59.7 Å². The molecule has 2 aliphatic rings. The van der Waals surface area contributed by atoms with Crippen molar-refractivity contribution in [2.24, 2.45) is 5.73 Å². The van der Waals surface area contributed by atoms with Gasteiger partial charge in [0.25, 0.3) is 0 Å². The van der Waals surface area contributed by atoms with E-state index >= 15 is 0 Å². The second kappa shape index (κ2) is 11.1. The third-order valence-corrected chi connectivity index (χ3v) is 8.27. The summed E-state index contributed by atoms with van der Waals surface area (Å²) in [6, 6.07) is 18.8. The zero-order chi connectivity index (χ0) is 25.8. The van der Waals surface area contributed by atoms with E-state index in [1.807, 2.05) is 12.1 Å². The third-order valence-electron chi connectivity index (χ3n) is 8.27. The molecule has 1 aliphatic heterocycles. The van der Waals surface area contributed by atoms with E-state index in [-0.39, 0.29) is 11.4 Å². The lowest BCUT2D eigenvalue weighted by Crippen LogP contribution is -2.57. The van der Waals surface area contributed by atoms with Crippen LogP contribution in [0.2, 0.25) is 0 Å². The lowest BCUT2D eigenvalue weighted by Gasteiger charge is -2.43. The lowest BCUT2D eigenvalue weighted by molar-refractivity contribution is -0.127. The maximum absolute atomic E-state index is 12.7. The van der Waals surface area contributed by atoms with Crippen LogP contribution >= 0.6 is 0 Å². The zero-order valence-corrected chi connectivity index (χ0v) is 22.1. The maximum Gasteiger partial charge on any atom is 0.241 e. The van der Waals surface area contributed by atoms with E-state index in [0.29, 0.717) is 19.3 Å². The number of nitriles is 1. The SMILES string of the molecule is CN1CCN(C(C)(C)c2ccc(-c3ccc(C[C@@H](C#N)NC(=O)C4(N)CCCCC4)cc3)cc2)CC1. The topological polar surface area (TPSA) is 85.4 Å². The maximum atomic E-state index is 12.7. The largest absolute Gasteiger partial charge is 0.338 e. The molecule has 0 bridgehead atoms. The Labute approximate surface area is 216 Å². The molecule has 1 saturated carbocycles. The van der Waals surface area contributed by atoms with Gasteiger partial charge in [-0.05, 0) is 56.0 Å². The molecule has 1 amide bonds. The van der Waals surface area contributed by atoms with Crippen molar-refractivity contribution in [2.75, 3.05) is 33.2 Å². The minimum Gasteiger partial charge on any atom is -0.338 e. The van der Waals surface area contributed by atoms with Crippen molar-refractivity contribution in [3.63, 3.8) is 0 Å². The van der Waals surface area contributed by atoms with Gasteiger partial charge in [-0.15, -0.1) is 0 Å². The van der Waals surface area contributed by atoms with Gasteiger partial charge in [-0.2, -0.15) is 5.26 Å². The summed E-state index contributed by atoms with van der Waals surface area (Å²) in [6.07, 6.45) is 4.91. The van der Waals surface area contributed by atoms with Gasteiger partial charge in [-0.25, -0.2) is 0 Å². The van der Waals surface area contributed by atoms with Crippen LogP contribution in [0.3, 0.4) is 0 Å². The number of nitrogens with two attached hydrogens (primary N) is 1. The van der Waals surface area contributed by atoms with Crippen LogP contribution in [-0.4, -0.2) is 60.5 Å². The molecule has 1 saturated heterocycles. The van der Waals surface area contributed by atoms with Crippen LogP contribution in [0.5, 0.6) is 0 Å². The molecule has 2 aromatic rings. The van der Waals surface area contributed by atoms with Crippen LogP contribution in [0.4, 0.5) is 0 Å². The standard InChI is InChI=1S/C30H41N5O/c1-29(2,35-19-17-34(3)18-20-35)26-13-11-25(12-14-26)24-9-7-23(8-10-24)21-27(22-31)33-28(36)30(32)15-5-4-6-16-30/h7-14,27H,4-6,15-21,32H2,1-3H3,(H,33,36)/t27-/m0/s1. The number of benzene rings is 2. The average molecular weight is 488 g/mol. The van der Waals surface area contributed by atoms with E-state index in [0.717, 1.165) is 56.6 Å². The van der Waals surface area contributed by atoms with E-state index in [1.165, 1.54) is 11.1 Å². The molecule has 0 aromatic heterocycles. The number of carbonyl (C=O) groups excluding carboxylic acids is 1. The predicted octanol–water partition coefficient (Wildman–Crippen LogP) is 4.05. The highest BCUT2D eigenvalue weighted by atomic mass is 16.2. The number of nitrogens with zero attached hydrogens (tertiary/aromatic N) is 3. The van der Waals surface area contributed by atoms with Gasteiger partial charge in [-0.3, -0.25) is 9.69 Å². The molecule has 2 aromatic carbocycles. The molecule has 1 aliphatic carbocycles. The summed E-state index contributed by atoms with van der Waals surface area (Å²) in [5.74, 6) is -0.190. The van der Waals surface area contributed by atoms with Crippen molar-refractivity contribution < 1.29 is 4.79 Å². The van der Waals surface area contributed by atoms with E-state index in [1.54, 1.807) is 0 Å². The molecule has 2 fully saturated rings. The fourth-order valence-electron chi connectivity index (χ4n) is 5.53. The van der Waals surface area contributed by atoms with Crippen molar-refractivity contribution in [3.8, 4) is 17.2 Å². The number of likely N-dealkylation sites (N-methyl/N-ethyl adjacent to an activating group) is 1. The molecule has 1 heterocycles. The molecule has 6 nitrogen and oxygen atoms in total. The zero-order valence-electron chi connectivity index (χ0n) is 22.1. The molecule has 6 heteroatoms. The highest BCUT2D eigenvalue weighted by molar-refractivity contribution is 5.86. The molecular weight excluding hydrogens is 446 g/mol. The number of piperazine rings is 1. The molecule has 0 radical (unpaired) electrons. The summed E-state index contributed by atoms with van der Waals surface area (Å²) in [4.78, 5) is 17.7. The Morgan fingerprint density at radius 2 is 1.56 bits per heavy atom. The van der Waals surface area contributed by atoms with Crippen molar-refractivity contribution in [1.82, 2.24) is 15.1 Å². The summed E-state index contributed by atoms with van der Waals surface area (Å²) >= 11 is 0. The molecule has 4 rings (SSSR count). The van der Waals surface area contributed by atoms with Crippen LogP contribution in [0.25, 0.3) is 11.1 Å². The number of hydrogen-bond acceptors (Lipinski definition) is 5. The Balaban J connectivity index is 1.37. The Bertz CT molecular complexity index is 1060. The minimum absolute atomic E-state index is 0.000122. The van der Waals surface area contributed by atoms with E-state index < -0.39 is 11.6 Å². The summed E-state index contributed by atoms with van der Waals surface area (Å²) in [5, 5.41) is 12.5. The first-order valence-electron chi connectivity index (χ1n) is 13.3. The van der Waals surface area contributed by atoms with Gasteiger partial charge in [0.2, 0.25) is 5.91 Å². The first kappa shape index (κ1) is 26.3. The highest BCUT2D eigenvalue weighted by Crippen LogP contribution is 2.31. The Hall–Kier alpha value is -2.72. The first-order valence-corrected chi connectivity index (χ1v) is 13.3. The van der Waals surface area contributed by atoms with E-state index in [2.05, 4.69) is 78.5 Å². The summed E-state index contributed by atoms with van der Waals surface area (Å²) in [6.45, 7) is 9.02. The summed E-state index contributed by atoms with van der Waals surface area (Å²) in [7, 11) is 2.19. The molecule has 1 atom stereocenters. The van der Waals surface area contributed by atoms with Crippen LogP contribution < -0.4 is 11.1 Å². The number of hydrogen-bond donors (Lipinski definition) is 2. The summed E-state index contributed by atoms with van der Waals surface area (Å²) in [5.41, 5.74) is 10.2. The monoisotopic (exact) mass is 487 g/mol. The Morgan fingerprint density at radius 3 is 2.11 bits per heavy atom. The van der Waals surface area contributed by atoms with E-state index in [9.17, 15) is 10.1 Å². The van der Waals surface area contributed by atoms with Crippen LogP contribution in [0.1, 0.15) is 57.1 Å². The minimum atomic E-state index is -0.831. The van der Waals surface area contributed by atoms with Gasteiger partial charge in [-0.1, -0.05) is 67.8 Å². The van der Waals surface area contributed by atoms with Gasteiger partial charge in [0, 0.05) is 38.1 Å². The Morgan fingerprint density at radius 1 is 1.00 bits per heavy atom. The van der Waals surface area contributed by atoms with Crippen LogP contribution in [-0.2, 0) is 16.8 Å². The third kappa shape index (κ3) is 5.98. The smallest absolute Gasteiger partial charge is 0.241 e. The van der Waals surface area contributed by atoms with Crippen molar-refractivity contribution in [2.45, 2.75) is 69.5 Å². The van der Waals surface area contributed by atoms with Gasteiger partial charge < -0.3 is 16.0 Å². The normalized spacial score (nSPS) is 19.9. The quantitative estimate of drug-likeness (QED) is 0.616. The molecule has 3 N–H and O–H groups in total. The summed E-state index contributed by atoms with van der Waals surface area (Å²) < 4.78 is 0. The number of rotatable bonds is 7. The predicted molar refractivity (Wildman–Crippen MR) is 145 cm³/mol. The fraction of sp³-hybridized carbons (Fsp3) is 0.533. The van der Waals surface area contributed by atoms with Crippen LogP contribution in [0.15, 0.2) is 48.5 Å². The van der Waals surface area contributed by atoms with Crippen molar-refractivity contribution >= 4 is 5.91 Å². The lowest BCUT2D eigenvalue weighted by atomic mass is 9.81. The van der Waals surface area contributed by atoms with Gasteiger partial charge in [0.1, 0.15) is 6.04 Å². The number of carbonyl (C=O) groups is 1. The second-order valence-corrected chi connectivity index (χ2v) is 11.2. The first-order chi connectivity index (χ1) is 17.2. The average Bonchev–Trinajstić information content (AvgIpc) is 2.89. The molecule has 192 valence electrons. The molecule has 0 spiro atoms. The van der Waals surface area contributed by atoms with E-state index in [4.69, 9.17) is 5.73 Å². The van der Waals surface area contributed by atoms with Gasteiger partial charge in [0.05, 0.1) is 11.6 Å². The van der Waals surface area contributed by atoms with Crippen molar-refractivity contribution in [1.29, 1.82) is 5.26 Å². The second-order valence-electron chi connectivity index (χ2n) is 11.2. The number of amides is 1. The van der Waals surface area contributed by atoms with Gasteiger partial charge in [0.15, 0.2) is 0 Å².